The molecule has 0 bridgehead atoms. The topological polar surface area (TPSA) is 44.3 Å². The molecule has 1 aliphatic heterocycles. The quantitative estimate of drug-likeness (QED) is 0.862. The summed E-state index contributed by atoms with van der Waals surface area (Å²) in [6, 6.07) is 0.585. The van der Waals surface area contributed by atoms with E-state index in [1.54, 1.807) is 0 Å². The average molecular weight is 263 g/mol. The molecular weight excluding hydrogens is 238 g/mol. The fraction of sp³-hybridized carbons (Fsp3) is 0.714. The monoisotopic (exact) mass is 263 g/mol. The molecule has 1 aliphatic rings. The Kier molecular flexibility index (Phi) is 5.10. The first-order valence-electron chi connectivity index (χ1n) is 7.15. The largest absolute Gasteiger partial charge is 0.355 e. The van der Waals surface area contributed by atoms with Gasteiger partial charge in [0.05, 0.1) is 11.9 Å². The van der Waals surface area contributed by atoms with E-state index in [0.717, 1.165) is 24.6 Å². The first-order valence-corrected chi connectivity index (χ1v) is 7.15. The van der Waals surface area contributed by atoms with Crippen molar-refractivity contribution in [3.8, 4) is 0 Å². The van der Waals surface area contributed by atoms with Gasteiger partial charge in [-0.15, -0.1) is 0 Å². The minimum absolute atomic E-state index is 0.585. The van der Waals surface area contributed by atoms with Crippen LogP contribution in [0.25, 0.3) is 0 Å². The molecule has 0 spiro atoms. The van der Waals surface area contributed by atoms with Crippen molar-refractivity contribution in [3.63, 3.8) is 0 Å². The number of nitrogens with one attached hydrogen (secondary N) is 1. The molecule has 0 saturated carbocycles. The van der Waals surface area contributed by atoms with Crippen molar-refractivity contribution in [1.82, 2.24) is 20.2 Å². The van der Waals surface area contributed by atoms with Crippen LogP contribution in [0.5, 0.6) is 0 Å². The van der Waals surface area contributed by atoms with Gasteiger partial charge in [-0.1, -0.05) is 6.92 Å². The molecule has 2 heterocycles. The number of anilines is 1. The SMILES string of the molecule is CCN1CCC(N(C)c2cncc(CNC)n2)CC1. The highest BCUT2D eigenvalue weighted by molar-refractivity contribution is 5.36. The minimum Gasteiger partial charge on any atom is -0.355 e. The lowest BCUT2D eigenvalue weighted by atomic mass is 10.0. The van der Waals surface area contributed by atoms with Crippen LogP contribution in [-0.2, 0) is 6.54 Å². The van der Waals surface area contributed by atoms with Gasteiger partial charge in [-0.2, -0.15) is 0 Å². The van der Waals surface area contributed by atoms with Crippen LogP contribution in [-0.4, -0.2) is 54.6 Å². The summed E-state index contributed by atoms with van der Waals surface area (Å²) in [5.41, 5.74) is 0.998. The Bertz CT molecular complexity index is 387. The maximum atomic E-state index is 4.66. The molecule has 0 amide bonds. The van der Waals surface area contributed by atoms with Crippen LogP contribution in [0.1, 0.15) is 25.5 Å². The molecule has 1 saturated heterocycles. The third-order valence-corrected chi connectivity index (χ3v) is 3.94. The van der Waals surface area contributed by atoms with Crippen LogP contribution < -0.4 is 10.2 Å². The van der Waals surface area contributed by atoms with Crippen molar-refractivity contribution in [2.75, 3.05) is 38.6 Å². The van der Waals surface area contributed by atoms with Gasteiger partial charge in [0.25, 0.3) is 0 Å². The summed E-state index contributed by atoms with van der Waals surface area (Å²) in [6.07, 6.45) is 6.11. The van der Waals surface area contributed by atoms with Gasteiger partial charge < -0.3 is 15.1 Å². The molecule has 0 radical (unpaired) electrons. The molecule has 5 nitrogen and oxygen atoms in total. The lowest BCUT2D eigenvalue weighted by molar-refractivity contribution is 0.220. The number of rotatable bonds is 5. The Morgan fingerprint density at radius 1 is 1.37 bits per heavy atom. The summed E-state index contributed by atoms with van der Waals surface area (Å²) in [4.78, 5) is 13.8. The fourth-order valence-corrected chi connectivity index (χ4v) is 2.64. The molecule has 1 aromatic rings. The lowest BCUT2D eigenvalue weighted by Crippen LogP contribution is -2.43. The van der Waals surface area contributed by atoms with Gasteiger partial charge in [0.1, 0.15) is 5.82 Å². The summed E-state index contributed by atoms with van der Waals surface area (Å²) >= 11 is 0. The van der Waals surface area contributed by atoms with Gasteiger partial charge in [0.2, 0.25) is 0 Å². The number of likely N-dealkylation sites (tertiary alicyclic amines) is 1. The summed E-state index contributed by atoms with van der Waals surface area (Å²) in [5.74, 6) is 0.989. The molecule has 1 fully saturated rings. The van der Waals surface area contributed by atoms with Crippen LogP contribution >= 0.6 is 0 Å². The highest BCUT2D eigenvalue weighted by Gasteiger charge is 2.22. The first kappa shape index (κ1) is 14.2. The van der Waals surface area contributed by atoms with Crippen molar-refractivity contribution in [1.29, 1.82) is 0 Å². The zero-order valence-corrected chi connectivity index (χ0v) is 12.3. The second kappa shape index (κ2) is 6.82. The van der Waals surface area contributed by atoms with E-state index in [4.69, 9.17) is 0 Å². The van der Waals surface area contributed by atoms with Crippen LogP contribution in [0.15, 0.2) is 12.4 Å². The van der Waals surface area contributed by atoms with Crippen molar-refractivity contribution in [3.05, 3.63) is 18.1 Å². The third kappa shape index (κ3) is 3.64. The molecule has 1 aromatic heterocycles. The maximum absolute atomic E-state index is 4.66. The van der Waals surface area contributed by atoms with Crippen molar-refractivity contribution >= 4 is 5.82 Å². The van der Waals surface area contributed by atoms with Gasteiger partial charge >= 0.3 is 0 Å². The van der Waals surface area contributed by atoms with E-state index in [0.29, 0.717) is 6.04 Å². The molecule has 19 heavy (non-hydrogen) atoms. The predicted octanol–water partition coefficient (Wildman–Crippen LogP) is 1.12. The Hall–Kier alpha value is -1.20. The number of hydrogen-bond acceptors (Lipinski definition) is 5. The standard InChI is InChI=1S/C14H25N5/c1-4-19-7-5-13(6-8-19)18(3)14-11-16-10-12(17-14)9-15-2/h10-11,13,15H,4-9H2,1-3H3. The second-order valence-electron chi connectivity index (χ2n) is 5.18. The van der Waals surface area contributed by atoms with Gasteiger partial charge in [-0.25, -0.2) is 4.98 Å². The van der Waals surface area contributed by atoms with Gasteiger partial charge in [-0.05, 0) is 26.4 Å². The third-order valence-electron chi connectivity index (χ3n) is 3.94. The molecule has 0 aliphatic carbocycles. The molecule has 106 valence electrons. The number of nitrogens with zero attached hydrogens (tertiary/aromatic N) is 4. The van der Waals surface area contributed by atoms with Gasteiger partial charge in [0.15, 0.2) is 0 Å². The molecular formula is C14H25N5. The maximum Gasteiger partial charge on any atom is 0.147 e. The Labute approximate surface area is 116 Å². The normalized spacial score (nSPS) is 17.6. The number of piperidine rings is 1. The number of hydrogen-bond donors (Lipinski definition) is 1. The fourth-order valence-electron chi connectivity index (χ4n) is 2.64. The zero-order valence-electron chi connectivity index (χ0n) is 12.3. The smallest absolute Gasteiger partial charge is 0.147 e. The average Bonchev–Trinajstić information content (AvgIpc) is 2.47. The van der Waals surface area contributed by atoms with E-state index < -0.39 is 0 Å². The van der Waals surface area contributed by atoms with Crippen molar-refractivity contribution in [2.24, 2.45) is 0 Å². The molecule has 5 heteroatoms. The van der Waals surface area contributed by atoms with E-state index in [1.165, 1.54) is 25.9 Å². The lowest BCUT2D eigenvalue weighted by Gasteiger charge is -2.36. The van der Waals surface area contributed by atoms with Crippen LogP contribution in [0.4, 0.5) is 5.82 Å². The molecule has 0 unspecified atom stereocenters. The molecule has 0 atom stereocenters. The zero-order chi connectivity index (χ0) is 13.7. The highest BCUT2D eigenvalue weighted by Crippen LogP contribution is 2.19. The Morgan fingerprint density at radius 3 is 2.74 bits per heavy atom. The van der Waals surface area contributed by atoms with Crippen LogP contribution in [0, 0.1) is 0 Å². The van der Waals surface area contributed by atoms with Gasteiger partial charge in [0, 0.05) is 38.9 Å². The number of aromatic nitrogens is 2. The molecule has 1 N–H and O–H groups in total. The summed E-state index contributed by atoms with van der Waals surface area (Å²) in [7, 11) is 4.07. The first-order chi connectivity index (χ1) is 9.24. The van der Waals surface area contributed by atoms with Crippen molar-refractivity contribution in [2.45, 2.75) is 32.4 Å². The summed E-state index contributed by atoms with van der Waals surface area (Å²) in [6.45, 7) is 6.54. The minimum atomic E-state index is 0.585. The van der Waals surface area contributed by atoms with Crippen LogP contribution in [0.2, 0.25) is 0 Å². The van der Waals surface area contributed by atoms with E-state index in [1.807, 2.05) is 19.4 Å². The highest BCUT2D eigenvalue weighted by atomic mass is 15.2. The predicted molar refractivity (Wildman–Crippen MR) is 78.3 cm³/mol. The van der Waals surface area contributed by atoms with E-state index in [9.17, 15) is 0 Å². The summed E-state index contributed by atoms with van der Waals surface area (Å²) < 4.78 is 0. The van der Waals surface area contributed by atoms with Gasteiger partial charge in [-0.3, -0.25) is 4.98 Å². The summed E-state index contributed by atoms with van der Waals surface area (Å²) in [5, 5.41) is 3.12. The Balaban J connectivity index is 1.99. The molecule has 0 aromatic carbocycles. The van der Waals surface area contributed by atoms with E-state index in [-0.39, 0.29) is 0 Å². The molecule has 2 rings (SSSR count). The second-order valence-corrected chi connectivity index (χ2v) is 5.18. The van der Waals surface area contributed by atoms with E-state index >= 15 is 0 Å². The Morgan fingerprint density at radius 2 is 2.11 bits per heavy atom. The van der Waals surface area contributed by atoms with Crippen molar-refractivity contribution < 1.29 is 0 Å². The van der Waals surface area contributed by atoms with E-state index in [2.05, 4.69) is 39.1 Å². The van der Waals surface area contributed by atoms with Crippen LogP contribution in [0.3, 0.4) is 0 Å².